The van der Waals surface area contributed by atoms with Gasteiger partial charge in [-0.15, -0.1) is 0 Å². The number of Topliss-reactive ketones (excluding diaryl/α,β-unsaturated/α-hetero) is 2. The van der Waals surface area contributed by atoms with Crippen molar-refractivity contribution in [2.24, 2.45) is 11.5 Å². The third-order valence-corrected chi connectivity index (χ3v) is 3.87. The lowest BCUT2D eigenvalue weighted by Gasteiger charge is -2.38. The number of nitrogens with zero attached hydrogens (tertiary/aromatic N) is 2. The zero-order valence-corrected chi connectivity index (χ0v) is 16.3. The number of carboxylic acid groups (broad SMARTS) is 1. The SMILES string of the molecule is CCC(N)C(=O)[C@@](C(=O)O)(C(=O)C(N)CCC#N)N(C)C(=O)OC(C)(C)C. The summed E-state index contributed by atoms with van der Waals surface area (Å²) in [4.78, 5) is 50.9. The average molecular weight is 384 g/mol. The maximum absolute atomic E-state index is 12.9. The first-order valence-corrected chi connectivity index (χ1v) is 8.44. The molecular formula is C17H28N4O6. The Kier molecular flexibility index (Phi) is 8.56. The lowest BCUT2D eigenvalue weighted by atomic mass is 9.79. The minimum absolute atomic E-state index is 0.0384. The molecule has 0 saturated heterocycles. The van der Waals surface area contributed by atoms with Crippen LogP contribution < -0.4 is 11.5 Å². The lowest BCUT2D eigenvalue weighted by molar-refractivity contribution is -0.162. The van der Waals surface area contributed by atoms with Crippen LogP contribution in [-0.4, -0.2) is 63.9 Å². The zero-order valence-electron chi connectivity index (χ0n) is 16.3. The number of rotatable bonds is 9. The van der Waals surface area contributed by atoms with Gasteiger partial charge in [-0.2, -0.15) is 5.26 Å². The Morgan fingerprint density at radius 2 is 1.63 bits per heavy atom. The molecule has 0 bridgehead atoms. The third-order valence-electron chi connectivity index (χ3n) is 3.87. The van der Waals surface area contributed by atoms with Crippen LogP contribution in [0.4, 0.5) is 4.79 Å². The number of nitriles is 1. The molecule has 10 nitrogen and oxygen atoms in total. The molecule has 0 aliphatic rings. The molecule has 152 valence electrons. The summed E-state index contributed by atoms with van der Waals surface area (Å²) in [6.07, 6.45) is -1.47. The highest BCUT2D eigenvalue weighted by atomic mass is 16.6. The number of ketones is 2. The topological polar surface area (TPSA) is 177 Å². The van der Waals surface area contributed by atoms with E-state index >= 15 is 0 Å². The number of nitrogens with two attached hydrogens (primary N) is 2. The number of amides is 1. The predicted molar refractivity (Wildman–Crippen MR) is 95.5 cm³/mol. The molecule has 0 aliphatic carbocycles. The van der Waals surface area contributed by atoms with E-state index in [9.17, 15) is 24.3 Å². The van der Waals surface area contributed by atoms with E-state index in [-0.39, 0.29) is 19.3 Å². The summed E-state index contributed by atoms with van der Waals surface area (Å²) in [5.41, 5.74) is 7.49. The van der Waals surface area contributed by atoms with Gasteiger partial charge in [0.15, 0.2) is 11.6 Å². The molecule has 2 unspecified atom stereocenters. The van der Waals surface area contributed by atoms with Crippen LogP contribution in [0.1, 0.15) is 47.0 Å². The van der Waals surface area contributed by atoms with E-state index in [2.05, 4.69) is 0 Å². The minimum Gasteiger partial charge on any atom is -0.479 e. The Hall–Kier alpha value is -2.51. The van der Waals surface area contributed by atoms with E-state index in [0.717, 1.165) is 7.05 Å². The van der Waals surface area contributed by atoms with Crippen molar-refractivity contribution >= 4 is 23.6 Å². The van der Waals surface area contributed by atoms with Gasteiger partial charge in [0.1, 0.15) is 5.60 Å². The molecule has 0 radical (unpaired) electrons. The molecule has 27 heavy (non-hydrogen) atoms. The Bertz CT molecular complexity index is 636. The van der Waals surface area contributed by atoms with Gasteiger partial charge in [-0.1, -0.05) is 6.92 Å². The van der Waals surface area contributed by atoms with Gasteiger partial charge in [0, 0.05) is 13.5 Å². The van der Waals surface area contributed by atoms with Crippen molar-refractivity contribution in [1.29, 1.82) is 5.26 Å². The van der Waals surface area contributed by atoms with Crippen LogP contribution in [0.5, 0.6) is 0 Å². The average Bonchev–Trinajstić information content (AvgIpc) is 2.56. The maximum Gasteiger partial charge on any atom is 0.411 e. The number of hydrogen-bond acceptors (Lipinski definition) is 8. The van der Waals surface area contributed by atoms with Crippen LogP contribution >= 0.6 is 0 Å². The van der Waals surface area contributed by atoms with Crippen molar-refractivity contribution in [2.75, 3.05) is 7.05 Å². The number of likely N-dealkylation sites (N-methyl/N-ethyl adjacent to an activating group) is 1. The van der Waals surface area contributed by atoms with Gasteiger partial charge in [-0.05, 0) is 33.6 Å². The molecule has 0 fully saturated rings. The molecule has 1 amide bonds. The molecule has 0 aliphatic heterocycles. The molecule has 0 aromatic carbocycles. The highest BCUT2D eigenvalue weighted by Crippen LogP contribution is 2.25. The predicted octanol–water partition coefficient (Wildman–Crippen LogP) is 0.183. The van der Waals surface area contributed by atoms with Crippen molar-refractivity contribution in [2.45, 2.75) is 70.2 Å². The van der Waals surface area contributed by atoms with Crippen molar-refractivity contribution < 1.29 is 29.0 Å². The molecule has 0 aromatic heterocycles. The van der Waals surface area contributed by atoms with Crippen LogP contribution in [0.3, 0.4) is 0 Å². The summed E-state index contributed by atoms with van der Waals surface area (Å²) in [7, 11) is 0.970. The Morgan fingerprint density at radius 3 is 2.00 bits per heavy atom. The highest BCUT2D eigenvalue weighted by Gasteiger charge is 2.60. The van der Waals surface area contributed by atoms with Crippen LogP contribution in [0, 0.1) is 11.3 Å². The van der Waals surface area contributed by atoms with E-state index in [0.29, 0.717) is 4.90 Å². The quantitative estimate of drug-likeness (QED) is 0.468. The van der Waals surface area contributed by atoms with E-state index in [1.54, 1.807) is 26.8 Å². The largest absolute Gasteiger partial charge is 0.479 e. The zero-order chi connectivity index (χ0) is 21.6. The van der Waals surface area contributed by atoms with Gasteiger partial charge in [-0.25, -0.2) is 9.59 Å². The normalized spacial score (nSPS) is 15.6. The summed E-state index contributed by atoms with van der Waals surface area (Å²) >= 11 is 0. The fourth-order valence-corrected chi connectivity index (χ4v) is 2.35. The first-order valence-electron chi connectivity index (χ1n) is 8.44. The maximum atomic E-state index is 12.9. The van der Waals surface area contributed by atoms with Crippen LogP contribution in [0.25, 0.3) is 0 Å². The molecular weight excluding hydrogens is 356 g/mol. The summed E-state index contributed by atoms with van der Waals surface area (Å²) in [6.45, 7) is 6.16. The number of carboxylic acids is 1. The van der Waals surface area contributed by atoms with Crippen molar-refractivity contribution in [3.05, 3.63) is 0 Å². The molecule has 0 rings (SSSR count). The smallest absolute Gasteiger partial charge is 0.411 e. The van der Waals surface area contributed by atoms with E-state index in [1.165, 1.54) is 6.92 Å². The standard InChI is InChI=1S/C17H28N4O6/c1-6-10(19)12(22)17(14(24)25,13(23)11(20)8-7-9-18)21(5)15(26)27-16(2,3)4/h10-11H,6-8,19-20H2,1-5H3,(H,24,25)/t10?,11?,17-/m0/s1. The van der Waals surface area contributed by atoms with Crippen LogP contribution in [-0.2, 0) is 19.1 Å². The van der Waals surface area contributed by atoms with Crippen molar-refractivity contribution in [3.63, 3.8) is 0 Å². The molecule has 0 spiro atoms. The fourth-order valence-electron chi connectivity index (χ4n) is 2.35. The molecule has 0 heterocycles. The summed E-state index contributed by atoms with van der Waals surface area (Å²) in [5.74, 6) is -4.29. The van der Waals surface area contributed by atoms with Crippen molar-refractivity contribution in [3.8, 4) is 6.07 Å². The molecule has 3 atom stereocenters. The van der Waals surface area contributed by atoms with Gasteiger partial charge >= 0.3 is 12.1 Å². The second kappa shape index (κ2) is 9.43. The molecule has 0 saturated carbocycles. The number of aliphatic carboxylic acids is 1. The van der Waals surface area contributed by atoms with E-state index < -0.39 is 46.9 Å². The summed E-state index contributed by atoms with van der Waals surface area (Å²) in [5, 5.41) is 18.5. The van der Waals surface area contributed by atoms with Gasteiger partial charge in [0.25, 0.3) is 5.54 Å². The number of hydrogen-bond donors (Lipinski definition) is 3. The molecule has 0 aromatic rings. The van der Waals surface area contributed by atoms with E-state index in [4.69, 9.17) is 21.5 Å². The fraction of sp³-hybridized carbons (Fsp3) is 0.706. The van der Waals surface area contributed by atoms with Crippen LogP contribution in [0.15, 0.2) is 0 Å². The second-order valence-corrected chi connectivity index (χ2v) is 7.10. The van der Waals surface area contributed by atoms with Gasteiger partial charge in [0.05, 0.1) is 18.2 Å². The Morgan fingerprint density at radius 1 is 1.15 bits per heavy atom. The second-order valence-electron chi connectivity index (χ2n) is 7.10. The Labute approximate surface area is 158 Å². The minimum atomic E-state index is -2.95. The van der Waals surface area contributed by atoms with E-state index in [1.807, 2.05) is 0 Å². The molecule has 10 heteroatoms. The van der Waals surface area contributed by atoms with Gasteiger partial charge in [0.2, 0.25) is 0 Å². The van der Waals surface area contributed by atoms with Gasteiger partial charge < -0.3 is 21.3 Å². The third kappa shape index (κ3) is 5.48. The first kappa shape index (κ1) is 24.5. The number of carbonyl (C=O) groups excluding carboxylic acids is 3. The Balaban J connectivity index is 6.38. The monoisotopic (exact) mass is 384 g/mol. The van der Waals surface area contributed by atoms with Crippen LogP contribution in [0.2, 0.25) is 0 Å². The number of carbonyl (C=O) groups is 4. The molecule has 5 N–H and O–H groups in total. The first-order chi connectivity index (χ1) is 12.3. The summed E-state index contributed by atoms with van der Waals surface area (Å²) < 4.78 is 5.12. The van der Waals surface area contributed by atoms with Gasteiger partial charge in [-0.3, -0.25) is 14.5 Å². The summed E-state index contributed by atoms with van der Waals surface area (Å²) in [6, 6.07) is -0.995. The highest BCUT2D eigenvalue weighted by molar-refractivity contribution is 6.30. The van der Waals surface area contributed by atoms with Crippen molar-refractivity contribution in [1.82, 2.24) is 4.90 Å². The lowest BCUT2D eigenvalue weighted by Crippen LogP contribution is -2.71. The number of ether oxygens (including phenoxy) is 1.